The van der Waals surface area contributed by atoms with Crippen LogP contribution in [0.5, 0.6) is 0 Å². The Balaban J connectivity index is 2.41. The van der Waals surface area contributed by atoms with Crippen LogP contribution in [0.2, 0.25) is 0 Å². The van der Waals surface area contributed by atoms with Gasteiger partial charge in [0, 0.05) is 16.6 Å². The van der Waals surface area contributed by atoms with Crippen LogP contribution in [-0.4, -0.2) is 17.6 Å². The smallest absolute Gasteiger partial charge is 0.224 e. The van der Waals surface area contributed by atoms with Gasteiger partial charge in [0.05, 0.1) is 5.69 Å². The van der Waals surface area contributed by atoms with Crippen molar-refractivity contribution in [1.29, 1.82) is 0 Å². The number of carbonyl (C=O) groups is 1. The lowest BCUT2D eigenvalue weighted by atomic mass is 10.2. The lowest BCUT2D eigenvalue weighted by molar-refractivity contribution is -0.116. The molecule has 1 rings (SSSR count). The van der Waals surface area contributed by atoms with Gasteiger partial charge in [-0.3, -0.25) is 4.79 Å². The van der Waals surface area contributed by atoms with E-state index in [1.54, 1.807) is 0 Å². The molecule has 0 radical (unpaired) electrons. The second kappa shape index (κ2) is 6.79. The minimum absolute atomic E-state index is 0.00701. The average molecular weight is 319 g/mol. The molecule has 0 saturated heterocycles. The predicted molar refractivity (Wildman–Crippen MR) is 68.7 cm³/mol. The van der Waals surface area contributed by atoms with Gasteiger partial charge in [0.15, 0.2) is 0 Å². The average Bonchev–Trinajstić information content (AvgIpc) is 2.22. The number of para-hydroxylation sites is 1. The molecule has 0 bridgehead atoms. The van der Waals surface area contributed by atoms with E-state index in [0.29, 0.717) is 12.8 Å². The van der Waals surface area contributed by atoms with Gasteiger partial charge in [0.2, 0.25) is 5.91 Å². The molecule has 0 spiro atoms. The first-order valence-corrected chi connectivity index (χ1v) is 5.97. The first kappa shape index (κ1) is 12.4. The van der Waals surface area contributed by atoms with Crippen LogP contribution in [0, 0.1) is 3.57 Å². The number of hydrogen-bond donors (Lipinski definition) is 2. The molecule has 0 aromatic heterocycles. The first-order valence-electron chi connectivity index (χ1n) is 4.89. The number of hydrogen-bond acceptors (Lipinski definition) is 2. The summed E-state index contributed by atoms with van der Waals surface area (Å²) in [7, 11) is 0. The Morgan fingerprint density at radius 2 is 2.07 bits per heavy atom. The summed E-state index contributed by atoms with van der Waals surface area (Å²) >= 11 is 2.18. The minimum atomic E-state index is 0.00701. The normalized spacial score (nSPS) is 10.0. The summed E-state index contributed by atoms with van der Waals surface area (Å²) < 4.78 is 1.03. The number of halogens is 1. The van der Waals surface area contributed by atoms with Crippen LogP contribution in [0.1, 0.15) is 19.3 Å². The lowest BCUT2D eigenvalue weighted by Gasteiger charge is -2.06. The van der Waals surface area contributed by atoms with Crippen molar-refractivity contribution in [2.75, 3.05) is 11.9 Å². The first-order chi connectivity index (χ1) is 7.24. The maximum atomic E-state index is 11.4. The number of rotatable bonds is 5. The number of aliphatic hydroxyl groups is 1. The SMILES string of the molecule is O=C(CCCCO)Nc1ccccc1I. The maximum Gasteiger partial charge on any atom is 0.224 e. The van der Waals surface area contributed by atoms with E-state index in [-0.39, 0.29) is 12.5 Å². The molecule has 1 aromatic carbocycles. The van der Waals surface area contributed by atoms with Crippen LogP contribution >= 0.6 is 22.6 Å². The highest BCUT2D eigenvalue weighted by molar-refractivity contribution is 14.1. The molecule has 4 heteroatoms. The number of amides is 1. The van der Waals surface area contributed by atoms with Crippen molar-refractivity contribution < 1.29 is 9.90 Å². The van der Waals surface area contributed by atoms with Crippen molar-refractivity contribution in [1.82, 2.24) is 0 Å². The highest BCUT2D eigenvalue weighted by Gasteiger charge is 2.03. The third-order valence-corrected chi connectivity index (χ3v) is 2.90. The molecule has 0 atom stereocenters. The Morgan fingerprint density at radius 3 is 2.73 bits per heavy atom. The zero-order valence-corrected chi connectivity index (χ0v) is 10.5. The standard InChI is InChI=1S/C11H14INO2/c12-9-5-1-2-6-10(9)13-11(15)7-3-4-8-14/h1-2,5-6,14H,3-4,7-8H2,(H,13,15). The van der Waals surface area contributed by atoms with Gasteiger partial charge in [-0.1, -0.05) is 12.1 Å². The van der Waals surface area contributed by atoms with Crippen LogP contribution < -0.4 is 5.32 Å². The fourth-order valence-corrected chi connectivity index (χ4v) is 1.69. The summed E-state index contributed by atoms with van der Waals surface area (Å²) in [5, 5.41) is 11.4. The van der Waals surface area contributed by atoms with E-state index in [1.807, 2.05) is 24.3 Å². The minimum Gasteiger partial charge on any atom is -0.396 e. The number of unbranched alkanes of at least 4 members (excludes halogenated alkanes) is 1. The van der Waals surface area contributed by atoms with Gasteiger partial charge < -0.3 is 10.4 Å². The molecule has 1 aromatic rings. The van der Waals surface area contributed by atoms with E-state index in [9.17, 15) is 4.79 Å². The van der Waals surface area contributed by atoms with Gasteiger partial charge in [0.1, 0.15) is 0 Å². The van der Waals surface area contributed by atoms with Crippen molar-refractivity contribution in [2.24, 2.45) is 0 Å². The summed E-state index contributed by atoms with van der Waals surface area (Å²) in [5.74, 6) is 0.00701. The van der Waals surface area contributed by atoms with Gasteiger partial charge in [-0.05, 0) is 47.6 Å². The molecule has 1 amide bonds. The number of nitrogens with one attached hydrogen (secondary N) is 1. The van der Waals surface area contributed by atoms with Crippen LogP contribution in [0.25, 0.3) is 0 Å². The molecule has 0 saturated carbocycles. The fraction of sp³-hybridized carbons (Fsp3) is 0.364. The van der Waals surface area contributed by atoms with E-state index < -0.39 is 0 Å². The molecule has 3 nitrogen and oxygen atoms in total. The van der Waals surface area contributed by atoms with Gasteiger partial charge in [-0.25, -0.2) is 0 Å². The third kappa shape index (κ3) is 4.61. The molecule has 82 valence electrons. The molecule has 2 N–H and O–H groups in total. The third-order valence-electron chi connectivity index (χ3n) is 1.96. The van der Waals surface area contributed by atoms with E-state index in [2.05, 4.69) is 27.9 Å². The largest absolute Gasteiger partial charge is 0.396 e. The lowest BCUT2D eigenvalue weighted by Crippen LogP contribution is -2.12. The monoisotopic (exact) mass is 319 g/mol. The molecule has 0 unspecified atom stereocenters. The van der Waals surface area contributed by atoms with Gasteiger partial charge in [-0.15, -0.1) is 0 Å². The summed E-state index contributed by atoms with van der Waals surface area (Å²) in [6.07, 6.45) is 1.87. The number of aliphatic hydroxyl groups excluding tert-OH is 1. The van der Waals surface area contributed by atoms with Gasteiger partial charge in [0.25, 0.3) is 0 Å². The number of anilines is 1. The molecular formula is C11H14INO2. The highest BCUT2D eigenvalue weighted by atomic mass is 127. The van der Waals surface area contributed by atoms with Crippen LogP contribution in [0.3, 0.4) is 0 Å². The Hall–Kier alpha value is -0.620. The van der Waals surface area contributed by atoms with Crippen LogP contribution in [0.4, 0.5) is 5.69 Å². The second-order valence-corrected chi connectivity index (χ2v) is 4.37. The Labute approximate surface area is 103 Å². The van der Waals surface area contributed by atoms with Crippen molar-refractivity contribution >= 4 is 34.2 Å². The summed E-state index contributed by atoms with van der Waals surface area (Å²) in [4.78, 5) is 11.4. The Bertz CT molecular complexity index is 328. The fourth-order valence-electron chi connectivity index (χ4n) is 1.17. The quantitative estimate of drug-likeness (QED) is 0.647. The van der Waals surface area contributed by atoms with Gasteiger partial charge >= 0.3 is 0 Å². The Kier molecular flexibility index (Phi) is 5.63. The van der Waals surface area contributed by atoms with E-state index >= 15 is 0 Å². The van der Waals surface area contributed by atoms with Crippen molar-refractivity contribution in [2.45, 2.75) is 19.3 Å². The zero-order valence-electron chi connectivity index (χ0n) is 8.37. The van der Waals surface area contributed by atoms with Crippen molar-refractivity contribution in [3.8, 4) is 0 Å². The number of carbonyl (C=O) groups excluding carboxylic acids is 1. The Morgan fingerprint density at radius 1 is 1.33 bits per heavy atom. The molecular weight excluding hydrogens is 305 g/mol. The molecule has 0 aliphatic heterocycles. The summed E-state index contributed by atoms with van der Waals surface area (Å²) in [6.45, 7) is 0.149. The second-order valence-electron chi connectivity index (χ2n) is 3.21. The summed E-state index contributed by atoms with van der Waals surface area (Å²) in [5.41, 5.74) is 0.854. The van der Waals surface area contributed by atoms with Crippen LogP contribution in [-0.2, 0) is 4.79 Å². The predicted octanol–water partition coefficient (Wildman–Crippen LogP) is 2.39. The van der Waals surface area contributed by atoms with E-state index in [0.717, 1.165) is 15.7 Å². The molecule has 0 aliphatic carbocycles. The number of benzene rings is 1. The van der Waals surface area contributed by atoms with Crippen molar-refractivity contribution in [3.05, 3.63) is 27.8 Å². The van der Waals surface area contributed by atoms with Gasteiger partial charge in [-0.2, -0.15) is 0 Å². The highest BCUT2D eigenvalue weighted by Crippen LogP contribution is 2.17. The van der Waals surface area contributed by atoms with Crippen molar-refractivity contribution in [3.63, 3.8) is 0 Å². The van der Waals surface area contributed by atoms with Crippen LogP contribution in [0.15, 0.2) is 24.3 Å². The molecule has 0 heterocycles. The van der Waals surface area contributed by atoms with E-state index in [4.69, 9.17) is 5.11 Å². The molecule has 0 fully saturated rings. The zero-order chi connectivity index (χ0) is 11.1. The topological polar surface area (TPSA) is 49.3 Å². The van der Waals surface area contributed by atoms with E-state index in [1.165, 1.54) is 0 Å². The summed E-state index contributed by atoms with van der Waals surface area (Å²) in [6, 6.07) is 7.66. The molecule has 0 aliphatic rings. The maximum absolute atomic E-state index is 11.4. The molecule has 15 heavy (non-hydrogen) atoms.